The van der Waals surface area contributed by atoms with E-state index in [1.54, 1.807) is 6.92 Å². The summed E-state index contributed by atoms with van der Waals surface area (Å²) in [5, 5.41) is 3.00. The molecule has 1 atom stereocenters. The van der Waals surface area contributed by atoms with Crippen LogP contribution in [0.3, 0.4) is 0 Å². The molecule has 0 saturated heterocycles. The first kappa shape index (κ1) is 11.0. The molecular formula is C9H16N2O3. The zero-order valence-electron chi connectivity index (χ0n) is 8.29. The zero-order valence-corrected chi connectivity index (χ0v) is 8.29. The maximum atomic E-state index is 11.1. The van der Waals surface area contributed by atoms with Crippen LogP contribution in [0.4, 0.5) is 0 Å². The number of hydrogen-bond acceptors (Lipinski definition) is 4. The first-order chi connectivity index (χ1) is 6.63. The summed E-state index contributed by atoms with van der Waals surface area (Å²) < 4.78 is 4.74. The Morgan fingerprint density at radius 3 is 2.64 bits per heavy atom. The quantitative estimate of drug-likeness (QED) is 0.569. The van der Waals surface area contributed by atoms with Gasteiger partial charge in [-0.15, -0.1) is 0 Å². The summed E-state index contributed by atoms with van der Waals surface area (Å²) in [5.74, 6) is -0.880. The van der Waals surface area contributed by atoms with Gasteiger partial charge in [0, 0.05) is 6.04 Å². The molecule has 5 heteroatoms. The van der Waals surface area contributed by atoms with Crippen LogP contribution < -0.4 is 11.1 Å². The van der Waals surface area contributed by atoms with E-state index >= 15 is 0 Å². The maximum absolute atomic E-state index is 11.1. The number of hydrogen-bond donors (Lipinski definition) is 2. The Kier molecular flexibility index (Phi) is 3.88. The SMILES string of the molecule is CCOC(=O)CC(NC1CC1)C(N)=O. The van der Waals surface area contributed by atoms with Gasteiger partial charge in [0.15, 0.2) is 0 Å². The predicted octanol–water partition coefficient (Wildman–Crippen LogP) is -0.454. The normalized spacial score (nSPS) is 17.5. The van der Waals surface area contributed by atoms with Crippen LogP contribution in [0.15, 0.2) is 0 Å². The van der Waals surface area contributed by atoms with Crippen molar-refractivity contribution in [2.24, 2.45) is 5.73 Å². The molecule has 1 fully saturated rings. The lowest BCUT2D eigenvalue weighted by atomic mass is 10.2. The minimum Gasteiger partial charge on any atom is -0.466 e. The molecule has 1 unspecified atom stereocenters. The number of esters is 1. The molecule has 0 spiro atoms. The Morgan fingerprint density at radius 1 is 1.57 bits per heavy atom. The van der Waals surface area contributed by atoms with Crippen LogP contribution in [0.5, 0.6) is 0 Å². The summed E-state index contributed by atoms with van der Waals surface area (Å²) in [6, 6.07) is -0.233. The molecule has 0 heterocycles. The van der Waals surface area contributed by atoms with Crippen LogP contribution in [-0.2, 0) is 14.3 Å². The molecule has 14 heavy (non-hydrogen) atoms. The summed E-state index contributed by atoms with van der Waals surface area (Å²) >= 11 is 0. The summed E-state index contributed by atoms with van der Waals surface area (Å²) in [5.41, 5.74) is 5.15. The molecule has 5 nitrogen and oxygen atoms in total. The van der Waals surface area contributed by atoms with E-state index in [2.05, 4.69) is 5.32 Å². The summed E-state index contributed by atoms with van der Waals surface area (Å²) in [4.78, 5) is 22.0. The highest BCUT2D eigenvalue weighted by Gasteiger charge is 2.28. The van der Waals surface area contributed by atoms with Crippen molar-refractivity contribution in [3.05, 3.63) is 0 Å². The third-order valence-electron chi connectivity index (χ3n) is 2.03. The monoisotopic (exact) mass is 200 g/mol. The van der Waals surface area contributed by atoms with Crippen LogP contribution in [-0.4, -0.2) is 30.6 Å². The van der Waals surface area contributed by atoms with E-state index in [9.17, 15) is 9.59 Å². The van der Waals surface area contributed by atoms with Crippen LogP contribution in [0.2, 0.25) is 0 Å². The number of carbonyl (C=O) groups excluding carboxylic acids is 2. The van der Waals surface area contributed by atoms with Crippen molar-refractivity contribution >= 4 is 11.9 Å². The van der Waals surface area contributed by atoms with Crippen molar-refractivity contribution in [1.29, 1.82) is 0 Å². The van der Waals surface area contributed by atoms with Gasteiger partial charge >= 0.3 is 5.97 Å². The lowest BCUT2D eigenvalue weighted by molar-refractivity contribution is -0.145. The van der Waals surface area contributed by atoms with Gasteiger partial charge in [-0.2, -0.15) is 0 Å². The predicted molar refractivity (Wildman–Crippen MR) is 50.4 cm³/mol. The largest absolute Gasteiger partial charge is 0.466 e. The molecule has 0 aromatic heterocycles. The molecular weight excluding hydrogens is 184 g/mol. The second-order valence-corrected chi connectivity index (χ2v) is 3.41. The van der Waals surface area contributed by atoms with Crippen molar-refractivity contribution in [1.82, 2.24) is 5.32 Å². The van der Waals surface area contributed by atoms with Gasteiger partial charge in [-0.05, 0) is 19.8 Å². The Bertz CT molecular complexity index is 226. The third kappa shape index (κ3) is 3.74. The zero-order chi connectivity index (χ0) is 10.6. The van der Waals surface area contributed by atoms with E-state index in [1.165, 1.54) is 0 Å². The number of nitrogens with two attached hydrogens (primary N) is 1. The number of rotatable bonds is 6. The maximum Gasteiger partial charge on any atom is 0.307 e. The molecule has 3 N–H and O–H groups in total. The van der Waals surface area contributed by atoms with Gasteiger partial charge in [0.25, 0.3) is 0 Å². The molecule has 0 radical (unpaired) electrons. The minimum atomic E-state index is -0.582. The van der Waals surface area contributed by atoms with E-state index in [4.69, 9.17) is 10.5 Å². The highest BCUT2D eigenvalue weighted by atomic mass is 16.5. The summed E-state index contributed by atoms with van der Waals surface area (Å²) in [6.07, 6.45) is 2.12. The molecule has 0 aromatic rings. The fourth-order valence-electron chi connectivity index (χ4n) is 1.16. The van der Waals surface area contributed by atoms with Gasteiger partial charge in [0.1, 0.15) is 0 Å². The number of amides is 1. The molecule has 1 rings (SSSR count). The molecule has 1 amide bonds. The highest BCUT2D eigenvalue weighted by molar-refractivity contribution is 5.85. The van der Waals surface area contributed by atoms with Gasteiger partial charge < -0.3 is 15.8 Å². The van der Waals surface area contributed by atoms with Gasteiger partial charge in [-0.25, -0.2) is 0 Å². The number of primary amides is 1. The van der Waals surface area contributed by atoms with Crippen LogP contribution in [0, 0.1) is 0 Å². The fraction of sp³-hybridized carbons (Fsp3) is 0.778. The Labute approximate surface area is 83.0 Å². The Hall–Kier alpha value is -1.10. The van der Waals surface area contributed by atoms with E-state index in [-0.39, 0.29) is 12.4 Å². The topological polar surface area (TPSA) is 81.4 Å². The summed E-state index contributed by atoms with van der Waals surface area (Å²) in [7, 11) is 0. The average molecular weight is 200 g/mol. The molecule has 1 aliphatic carbocycles. The van der Waals surface area contributed by atoms with Crippen molar-refractivity contribution in [2.45, 2.75) is 38.3 Å². The minimum absolute atomic E-state index is 0.0275. The average Bonchev–Trinajstić information content (AvgIpc) is 2.87. The third-order valence-corrected chi connectivity index (χ3v) is 2.03. The van der Waals surface area contributed by atoms with E-state index in [0.29, 0.717) is 12.6 Å². The summed E-state index contributed by atoms with van der Waals surface area (Å²) in [6.45, 7) is 2.05. The van der Waals surface area contributed by atoms with Crippen molar-refractivity contribution in [3.63, 3.8) is 0 Å². The van der Waals surface area contributed by atoms with Crippen molar-refractivity contribution < 1.29 is 14.3 Å². The van der Waals surface area contributed by atoms with Crippen molar-refractivity contribution in [2.75, 3.05) is 6.61 Å². The molecule has 1 aliphatic rings. The van der Waals surface area contributed by atoms with Gasteiger partial charge in [-0.3, -0.25) is 9.59 Å². The molecule has 1 saturated carbocycles. The number of ether oxygens (including phenoxy) is 1. The van der Waals surface area contributed by atoms with Crippen LogP contribution in [0.25, 0.3) is 0 Å². The lowest BCUT2D eigenvalue weighted by Gasteiger charge is -2.13. The van der Waals surface area contributed by atoms with Gasteiger partial charge in [-0.1, -0.05) is 0 Å². The van der Waals surface area contributed by atoms with Crippen LogP contribution >= 0.6 is 0 Å². The standard InChI is InChI=1S/C9H16N2O3/c1-2-14-8(12)5-7(9(10)13)11-6-3-4-6/h6-7,11H,2-5H2,1H3,(H2,10,13). The molecule has 0 aromatic carbocycles. The van der Waals surface area contributed by atoms with E-state index in [0.717, 1.165) is 12.8 Å². The van der Waals surface area contributed by atoms with Gasteiger partial charge in [0.05, 0.1) is 19.1 Å². The van der Waals surface area contributed by atoms with E-state index in [1.807, 2.05) is 0 Å². The van der Waals surface area contributed by atoms with E-state index < -0.39 is 11.9 Å². The van der Waals surface area contributed by atoms with Crippen LogP contribution in [0.1, 0.15) is 26.2 Å². The van der Waals surface area contributed by atoms with Gasteiger partial charge in [0.2, 0.25) is 5.91 Å². The highest BCUT2D eigenvalue weighted by Crippen LogP contribution is 2.19. The van der Waals surface area contributed by atoms with Crippen molar-refractivity contribution in [3.8, 4) is 0 Å². The first-order valence-corrected chi connectivity index (χ1v) is 4.84. The second kappa shape index (κ2) is 4.95. The molecule has 0 bridgehead atoms. The second-order valence-electron chi connectivity index (χ2n) is 3.41. The number of nitrogens with one attached hydrogen (secondary N) is 1. The molecule has 0 aliphatic heterocycles. The lowest BCUT2D eigenvalue weighted by Crippen LogP contribution is -2.44. The Morgan fingerprint density at radius 2 is 2.21 bits per heavy atom. The Balaban J connectivity index is 2.33. The smallest absolute Gasteiger partial charge is 0.307 e. The fourth-order valence-corrected chi connectivity index (χ4v) is 1.16. The number of carbonyl (C=O) groups is 2. The first-order valence-electron chi connectivity index (χ1n) is 4.84. The molecule has 80 valence electrons.